The molecular weight excluding hydrogens is 314 g/mol. The molecule has 124 valence electrons. The van der Waals surface area contributed by atoms with Crippen LogP contribution in [0.1, 0.15) is 46.5 Å². The number of carbonyl (C=O) groups is 2. The number of hydrogen-bond acceptors (Lipinski definition) is 6. The van der Waals surface area contributed by atoms with Gasteiger partial charge in [-0.15, -0.1) is 11.3 Å². The van der Waals surface area contributed by atoms with Crippen LogP contribution in [-0.4, -0.2) is 35.0 Å². The second-order valence-corrected chi connectivity index (χ2v) is 6.26. The summed E-state index contributed by atoms with van der Waals surface area (Å²) in [6.45, 7) is 8.28. The Bertz CT molecular complexity index is 740. The normalized spacial score (nSPS) is 10.8. The van der Waals surface area contributed by atoms with Crippen LogP contribution < -0.4 is 5.32 Å². The molecule has 2 aromatic heterocycles. The highest BCUT2D eigenvalue weighted by atomic mass is 32.1. The van der Waals surface area contributed by atoms with Crippen molar-refractivity contribution in [2.24, 2.45) is 0 Å². The van der Waals surface area contributed by atoms with Gasteiger partial charge in [-0.1, -0.05) is 0 Å². The number of hydrogen-bond donors (Lipinski definition) is 1. The van der Waals surface area contributed by atoms with Gasteiger partial charge in [0.05, 0.1) is 11.5 Å². The van der Waals surface area contributed by atoms with Gasteiger partial charge in [-0.2, -0.15) is 0 Å². The van der Waals surface area contributed by atoms with Gasteiger partial charge in [-0.05, 0) is 39.7 Å². The summed E-state index contributed by atoms with van der Waals surface area (Å²) in [6, 6.07) is 0. The number of ether oxygens (including phenoxy) is 1. The highest BCUT2D eigenvalue weighted by molar-refractivity contribution is 7.20. The van der Waals surface area contributed by atoms with Crippen LogP contribution in [0.3, 0.4) is 0 Å². The van der Waals surface area contributed by atoms with Crippen LogP contribution in [0.4, 0.5) is 0 Å². The molecule has 23 heavy (non-hydrogen) atoms. The van der Waals surface area contributed by atoms with Crippen molar-refractivity contribution in [1.29, 1.82) is 0 Å². The number of amides is 1. The van der Waals surface area contributed by atoms with Crippen molar-refractivity contribution in [2.75, 3.05) is 13.2 Å². The fourth-order valence-electron chi connectivity index (χ4n) is 2.44. The van der Waals surface area contributed by atoms with Crippen molar-refractivity contribution in [3.63, 3.8) is 0 Å². The molecule has 0 saturated carbocycles. The molecule has 0 atom stereocenters. The molecule has 7 heteroatoms. The summed E-state index contributed by atoms with van der Waals surface area (Å²) in [5.74, 6) is 0.338. The number of rotatable bonds is 6. The van der Waals surface area contributed by atoms with E-state index in [0.717, 1.165) is 21.5 Å². The molecule has 6 nitrogen and oxygen atoms in total. The summed E-state index contributed by atoms with van der Waals surface area (Å²) in [5.41, 5.74) is 1.80. The van der Waals surface area contributed by atoms with Crippen LogP contribution in [0.5, 0.6) is 0 Å². The maximum atomic E-state index is 12.3. The molecule has 0 aliphatic heterocycles. The summed E-state index contributed by atoms with van der Waals surface area (Å²) in [7, 11) is 0. The Kier molecular flexibility index (Phi) is 5.65. The SMILES string of the molecule is CCOC(=O)CCCNC(=O)c1sc2nc(C)nc(C)c2c1C. The molecule has 2 rings (SSSR count). The lowest BCUT2D eigenvalue weighted by Gasteiger charge is -2.04. The molecule has 0 radical (unpaired) electrons. The van der Waals surface area contributed by atoms with Crippen LogP contribution in [0, 0.1) is 20.8 Å². The Hall–Kier alpha value is -2.02. The van der Waals surface area contributed by atoms with Crippen molar-refractivity contribution in [1.82, 2.24) is 15.3 Å². The monoisotopic (exact) mass is 335 g/mol. The first-order valence-electron chi connectivity index (χ1n) is 7.62. The number of esters is 1. The number of nitrogens with one attached hydrogen (secondary N) is 1. The fraction of sp³-hybridized carbons (Fsp3) is 0.500. The Morgan fingerprint density at radius 1 is 1.22 bits per heavy atom. The van der Waals surface area contributed by atoms with E-state index in [1.54, 1.807) is 6.92 Å². The van der Waals surface area contributed by atoms with Crippen molar-refractivity contribution in [3.05, 3.63) is 22.0 Å². The average molecular weight is 335 g/mol. The van der Waals surface area contributed by atoms with Gasteiger partial charge in [0, 0.05) is 24.0 Å². The number of thiophene rings is 1. The van der Waals surface area contributed by atoms with E-state index in [9.17, 15) is 9.59 Å². The summed E-state index contributed by atoms with van der Waals surface area (Å²) in [4.78, 5) is 33.8. The molecule has 1 amide bonds. The molecule has 0 aromatic carbocycles. The van der Waals surface area contributed by atoms with Crippen molar-refractivity contribution in [3.8, 4) is 0 Å². The maximum Gasteiger partial charge on any atom is 0.305 e. The molecule has 0 unspecified atom stereocenters. The van der Waals surface area contributed by atoms with Crippen LogP contribution >= 0.6 is 11.3 Å². The van der Waals surface area contributed by atoms with Gasteiger partial charge in [-0.3, -0.25) is 9.59 Å². The minimum Gasteiger partial charge on any atom is -0.466 e. The van der Waals surface area contributed by atoms with Crippen molar-refractivity contribution >= 4 is 33.4 Å². The molecular formula is C16H21N3O3S. The van der Waals surface area contributed by atoms with Crippen LogP contribution in [0.25, 0.3) is 10.2 Å². The van der Waals surface area contributed by atoms with Gasteiger partial charge >= 0.3 is 5.97 Å². The molecule has 2 aromatic rings. The van der Waals surface area contributed by atoms with Gasteiger partial charge in [-0.25, -0.2) is 9.97 Å². The van der Waals surface area contributed by atoms with Gasteiger partial charge in [0.15, 0.2) is 0 Å². The number of carbonyl (C=O) groups excluding carboxylic acids is 2. The predicted molar refractivity (Wildman–Crippen MR) is 89.8 cm³/mol. The molecule has 0 spiro atoms. The first-order chi connectivity index (χ1) is 10.9. The summed E-state index contributed by atoms with van der Waals surface area (Å²) in [5, 5.41) is 3.80. The second kappa shape index (κ2) is 7.50. The number of aromatic nitrogens is 2. The minimum absolute atomic E-state index is 0.133. The largest absolute Gasteiger partial charge is 0.466 e. The first-order valence-corrected chi connectivity index (χ1v) is 8.43. The topological polar surface area (TPSA) is 81.2 Å². The summed E-state index contributed by atoms with van der Waals surface area (Å²) >= 11 is 1.38. The Morgan fingerprint density at radius 2 is 1.96 bits per heavy atom. The lowest BCUT2D eigenvalue weighted by molar-refractivity contribution is -0.143. The molecule has 2 heterocycles. The van der Waals surface area contributed by atoms with E-state index < -0.39 is 0 Å². The van der Waals surface area contributed by atoms with E-state index in [2.05, 4.69) is 15.3 Å². The average Bonchev–Trinajstić information content (AvgIpc) is 2.80. The van der Waals surface area contributed by atoms with E-state index in [4.69, 9.17) is 4.74 Å². The van der Waals surface area contributed by atoms with Crippen molar-refractivity contribution < 1.29 is 14.3 Å². The zero-order valence-electron chi connectivity index (χ0n) is 13.9. The molecule has 0 fully saturated rings. The zero-order chi connectivity index (χ0) is 17.0. The van der Waals surface area contributed by atoms with Crippen LogP contribution in [-0.2, 0) is 9.53 Å². The summed E-state index contributed by atoms with van der Waals surface area (Å²) < 4.78 is 4.85. The van der Waals surface area contributed by atoms with Gasteiger partial charge in [0.2, 0.25) is 0 Å². The smallest absolute Gasteiger partial charge is 0.305 e. The zero-order valence-corrected chi connectivity index (χ0v) is 14.7. The van der Waals surface area contributed by atoms with Gasteiger partial charge < -0.3 is 10.1 Å². The highest BCUT2D eigenvalue weighted by Crippen LogP contribution is 2.31. The minimum atomic E-state index is -0.235. The van der Waals surface area contributed by atoms with E-state index in [0.29, 0.717) is 36.7 Å². The lowest BCUT2D eigenvalue weighted by Crippen LogP contribution is -2.24. The Labute approximate surface area is 139 Å². The van der Waals surface area contributed by atoms with E-state index >= 15 is 0 Å². The Morgan fingerprint density at radius 3 is 2.65 bits per heavy atom. The third-order valence-electron chi connectivity index (χ3n) is 3.44. The maximum absolute atomic E-state index is 12.3. The predicted octanol–water partition coefficient (Wildman–Crippen LogP) is 2.69. The standard InChI is InChI=1S/C16H21N3O3S/c1-5-22-12(20)7-6-8-17-15(21)14-9(2)13-10(3)18-11(4)19-16(13)23-14/h5-8H2,1-4H3,(H,17,21). The molecule has 0 saturated heterocycles. The third kappa shape index (κ3) is 4.04. The van der Waals surface area contributed by atoms with Gasteiger partial charge in [0.25, 0.3) is 5.91 Å². The van der Waals surface area contributed by atoms with Crippen molar-refractivity contribution in [2.45, 2.75) is 40.5 Å². The summed E-state index contributed by atoms with van der Waals surface area (Å²) in [6.07, 6.45) is 0.871. The molecule has 0 aliphatic carbocycles. The third-order valence-corrected chi connectivity index (χ3v) is 4.62. The van der Waals surface area contributed by atoms with E-state index in [-0.39, 0.29) is 11.9 Å². The van der Waals surface area contributed by atoms with Crippen LogP contribution in [0.2, 0.25) is 0 Å². The number of fused-ring (bicyclic) bond motifs is 1. The molecule has 0 aliphatic rings. The second-order valence-electron chi connectivity index (χ2n) is 5.26. The van der Waals surface area contributed by atoms with Crippen LogP contribution in [0.15, 0.2) is 0 Å². The Balaban J connectivity index is 2.03. The number of aryl methyl sites for hydroxylation is 3. The fourth-order valence-corrected chi connectivity index (χ4v) is 3.63. The van der Waals surface area contributed by atoms with Gasteiger partial charge in [0.1, 0.15) is 10.7 Å². The molecule has 1 N–H and O–H groups in total. The van der Waals surface area contributed by atoms with E-state index in [1.165, 1.54) is 11.3 Å². The lowest BCUT2D eigenvalue weighted by atomic mass is 10.1. The first kappa shape index (κ1) is 17.3. The quantitative estimate of drug-likeness (QED) is 0.648. The molecule has 0 bridgehead atoms. The highest BCUT2D eigenvalue weighted by Gasteiger charge is 2.18. The van der Waals surface area contributed by atoms with E-state index in [1.807, 2.05) is 20.8 Å². The number of nitrogens with zero attached hydrogens (tertiary/aromatic N) is 2.